The molecule has 8 rings (SSSR count). The van der Waals surface area contributed by atoms with E-state index in [-0.39, 0.29) is 0 Å². The number of para-hydroxylation sites is 4. The molecule has 0 fully saturated rings. The number of hydrogen-bond acceptors (Lipinski definition) is 8. The lowest BCUT2D eigenvalue weighted by Gasteiger charge is -2.33. The fourth-order valence-corrected chi connectivity index (χ4v) is 6.62. The van der Waals surface area contributed by atoms with Crippen LogP contribution in [0.1, 0.15) is 0 Å². The molecule has 0 atom stereocenters. The van der Waals surface area contributed by atoms with Crippen LogP contribution >= 0.6 is 22.7 Å². The van der Waals surface area contributed by atoms with Gasteiger partial charge in [-0.3, -0.25) is 9.97 Å². The highest BCUT2D eigenvalue weighted by Crippen LogP contribution is 2.51. The fraction of sp³-hybridized carbons (Fsp3) is 0. The molecule has 1 aliphatic rings. The van der Waals surface area contributed by atoms with Crippen molar-refractivity contribution in [2.75, 3.05) is 4.90 Å². The van der Waals surface area contributed by atoms with E-state index in [1.165, 1.54) is 0 Å². The molecule has 0 N–H and O–H groups in total. The summed E-state index contributed by atoms with van der Waals surface area (Å²) in [6, 6.07) is 26.7. The number of aromatic nitrogens is 4. The number of benzene rings is 3. The molecule has 0 saturated heterocycles. The predicted octanol–water partition coefficient (Wildman–Crippen LogP) is 8.61. The van der Waals surface area contributed by atoms with Crippen LogP contribution in [0.25, 0.3) is 41.6 Å². The van der Waals surface area contributed by atoms with Crippen LogP contribution < -0.4 is 9.64 Å². The van der Waals surface area contributed by atoms with Crippen molar-refractivity contribution in [3.63, 3.8) is 0 Å². The zero-order chi connectivity index (χ0) is 25.1. The van der Waals surface area contributed by atoms with Crippen molar-refractivity contribution in [3.05, 3.63) is 104 Å². The summed E-state index contributed by atoms with van der Waals surface area (Å²) in [5, 5.41) is 1.88. The minimum Gasteiger partial charge on any atom is -0.453 e. The molecule has 8 heteroatoms. The van der Waals surface area contributed by atoms with Crippen LogP contribution in [0.4, 0.5) is 17.1 Å². The number of fused-ring (bicyclic) bond motifs is 4. The largest absolute Gasteiger partial charge is 0.453 e. The first-order valence-corrected chi connectivity index (χ1v) is 13.7. The van der Waals surface area contributed by atoms with Gasteiger partial charge >= 0.3 is 0 Å². The van der Waals surface area contributed by atoms with Gasteiger partial charge in [0.1, 0.15) is 10.0 Å². The van der Waals surface area contributed by atoms with Crippen molar-refractivity contribution in [1.29, 1.82) is 0 Å². The average Bonchev–Trinajstić information content (AvgIpc) is 3.60. The maximum absolute atomic E-state index is 6.26. The maximum atomic E-state index is 6.26. The van der Waals surface area contributed by atoms with Gasteiger partial charge < -0.3 is 9.64 Å². The Morgan fingerprint density at radius 3 is 1.66 bits per heavy atom. The molecule has 3 aromatic carbocycles. The molecular formula is C30H17N5OS2. The van der Waals surface area contributed by atoms with Gasteiger partial charge in [-0.15, -0.1) is 22.7 Å². The van der Waals surface area contributed by atoms with Crippen LogP contribution in [0.5, 0.6) is 11.5 Å². The van der Waals surface area contributed by atoms with E-state index >= 15 is 0 Å². The van der Waals surface area contributed by atoms with Crippen LogP contribution in [0.2, 0.25) is 0 Å². The molecule has 0 unspecified atom stereocenters. The van der Waals surface area contributed by atoms with E-state index in [1.54, 1.807) is 35.1 Å². The van der Waals surface area contributed by atoms with E-state index in [0.29, 0.717) is 0 Å². The van der Waals surface area contributed by atoms with Gasteiger partial charge in [0.25, 0.3) is 0 Å². The number of nitrogens with zero attached hydrogens (tertiary/aromatic N) is 5. The van der Waals surface area contributed by atoms with E-state index in [2.05, 4.69) is 45.2 Å². The van der Waals surface area contributed by atoms with Crippen LogP contribution in [-0.2, 0) is 0 Å². The van der Waals surface area contributed by atoms with Gasteiger partial charge in [-0.25, -0.2) is 9.97 Å². The Bertz CT molecular complexity index is 1790. The van der Waals surface area contributed by atoms with Crippen molar-refractivity contribution in [1.82, 2.24) is 19.9 Å². The van der Waals surface area contributed by atoms with E-state index in [9.17, 15) is 0 Å². The monoisotopic (exact) mass is 527 g/mol. The van der Waals surface area contributed by atoms with Gasteiger partial charge in [0.05, 0.1) is 31.8 Å². The highest BCUT2D eigenvalue weighted by Gasteiger charge is 2.26. The third-order valence-corrected chi connectivity index (χ3v) is 8.59. The van der Waals surface area contributed by atoms with Crippen LogP contribution in [-0.4, -0.2) is 19.9 Å². The highest BCUT2D eigenvalue weighted by molar-refractivity contribution is 7.22. The Hall–Kier alpha value is -4.66. The lowest BCUT2D eigenvalue weighted by molar-refractivity contribution is 0.477. The number of pyridine rings is 2. The number of thiazole rings is 2. The molecular weight excluding hydrogens is 510 g/mol. The summed E-state index contributed by atoms with van der Waals surface area (Å²) in [6.45, 7) is 0. The Morgan fingerprint density at radius 2 is 1.13 bits per heavy atom. The minimum absolute atomic E-state index is 0.815. The minimum atomic E-state index is 0.815. The first-order chi connectivity index (χ1) is 18.8. The lowest BCUT2D eigenvalue weighted by Crippen LogP contribution is -2.15. The predicted molar refractivity (Wildman–Crippen MR) is 154 cm³/mol. The number of ether oxygens (including phenoxy) is 1. The smallest absolute Gasteiger partial charge is 0.151 e. The van der Waals surface area contributed by atoms with Gasteiger partial charge in [-0.1, -0.05) is 24.3 Å². The molecule has 0 amide bonds. The zero-order valence-electron chi connectivity index (χ0n) is 19.8. The van der Waals surface area contributed by atoms with E-state index in [4.69, 9.17) is 14.7 Å². The quantitative estimate of drug-likeness (QED) is 0.229. The average molecular weight is 528 g/mol. The second kappa shape index (κ2) is 8.44. The van der Waals surface area contributed by atoms with Gasteiger partial charge in [-0.05, 0) is 54.6 Å². The molecule has 0 spiro atoms. The molecule has 0 aliphatic carbocycles. The summed E-state index contributed by atoms with van der Waals surface area (Å²) < 4.78 is 8.38. The molecule has 0 saturated carbocycles. The molecule has 4 aromatic heterocycles. The van der Waals surface area contributed by atoms with Crippen molar-refractivity contribution in [2.45, 2.75) is 0 Å². The van der Waals surface area contributed by atoms with Crippen molar-refractivity contribution in [2.24, 2.45) is 0 Å². The van der Waals surface area contributed by atoms with Gasteiger partial charge in [0, 0.05) is 41.6 Å². The maximum Gasteiger partial charge on any atom is 0.151 e. The SMILES string of the molecule is c1ccc2c(c1)Oc1ccccc1N2c1cc(-c2nc3ccncc3s2)cc(-c2nc3ccncc3s2)c1. The second-order valence-electron chi connectivity index (χ2n) is 8.87. The van der Waals surface area contributed by atoms with Gasteiger partial charge in [-0.2, -0.15) is 0 Å². The molecule has 7 aromatic rings. The Balaban J connectivity index is 1.39. The van der Waals surface area contributed by atoms with E-state index < -0.39 is 0 Å². The second-order valence-corrected chi connectivity index (χ2v) is 10.9. The van der Waals surface area contributed by atoms with E-state index in [1.807, 2.05) is 60.9 Å². The summed E-state index contributed by atoms with van der Waals surface area (Å²) >= 11 is 3.28. The third kappa shape index (κ3) is 3.46. The number of rotatable bonds is 3. The standard InChI is InChI=1S/C30H17N5OS2/c1-3-7-25-23(5-1)35(24-6-2-4-8-26(24)36-25)20-14-18(29-33-21-9-11-31-16-27(21)37-29)13-19(15-20)30-34-22-10-12-32-17-28(22)38-30/h1-17H. The summed E-state index contributed by atoms with van der Waals surface area (Å²) in [7, 11) is 0. The van der Waals surface area contributed by atoms with Gasteiger partial charge in [0.15, 0.2) is 11.5 Å². The Morgan fingerprint density at radius 1 is 0.605 bits per heavy atom. The van der Waals surface area contributed by atoms with Crippen molar-refractivity contribution >= 4 is 60.2 Å². The fourth-order valence-electron chi connectivity index (χ4n) is 4.78. The van der Waals surface area contributed by atoms with Gasteiger partial charge in [0.2, 0.25) is 0 Å². The van der Waals surface area contributed by atoms with E-state index in [0.717, 1.165) is 70.1 Å². The first kappa shape index (κ1) is 21.4. The highest BCUT2D eigenvalue weighted by atomic mass is 32.1. The third-order valence-electron chi connectivity index (χ3n) is 6.48. The summed E-state index contributed by atoms with van der Waals surface area (Å²) in [6.07, 6.45) is 7.31. The summed E-state index contributed by atoms with van der Waals surface area (Å²) in [5.74, 6) is 1.63. The topological polar surface area (TPSA) is 64.0 Å². The molecule has 1 aliphatic heterocycles. The molecule has 5 heterocycles. The number of hydrogen-bond donors (Lipinski definition) is 0. The molecule has 38 heavy (non-hydrogen) atoms. The molecule has 6 nitrogen and oxygen atoms in total. The Kier molecular flexibility index (Phi) is 4.76. The van der Waals surface area contributed by atoms with Crippen molar-refractivity contribution < 1.29 is 4.74 Å². The van der Waals surface area contributed by atoms with Crippen molar-refractivity contribution in [3.8, 4) is 32.6 Å². The first-order valence-electron chi connectivity index (χ1n) is 12.0. The molecule has 0 bridgehead atoms. The lowest BCUT2D eigenvalue weighted by atomic mass is 10.1. The number of anilines is 3. The summed E-state index contributed by atoms with van der Waals surface area (Å²) in [5.41, 5.74) is 6.92. The normalized spacial score (nSPS) is 12.4. The van der Waals surface area contributed by atoms with Crippen LogP contribution in [0.15, 0.2) is 104 Å². The summed E-state index contributed by atoms with van der Waals surface area (Å²) in [4.78, 5) is 20.7. The Labute approximate surface area is 225 Å². The zero-order valence-corrected chi connectivity index (χ0v) is 21.4. The molecule has 0 radical (unpaired) electrons. The molecule has 180 valence electrons. The van der Waals surface area contributed by atoms with Crippen LogP contribution in [0, 0.1) is 0 Å². The van der Waals surface area contributed by atoms with Crippen LogP contribution in [0.3, 0.4) is 0 Å².